The van der Waals surface area contributed by atoms with Crippen molar-refractivity contribution >= 4 is 0 Å². The summed E-state index contributed by atoms with van der Waals surface area (Å²) in [6, 6.07) is 0. The number of rotatable bonds is 0. The van der Waals surface area contributed by atoms with Crippen molar-refractivity contribution in [1.82, 2.24) is 0 Å². The average Bonchev–Trinajstić information content (AvgIpc) is 2.29. The van der Waals surface area contributed by atoms with Gasteiger partial charge in [0.1, 0.15) is 0 Å². The van der Waals surface area contributed by atoms with E-state index in [9.17, 15) is 0 Å². The van der Waals surface area contributed by atoms with Gasteiger partial charge in [-0.3, -0.25) is 0 Å². The van der Waals surface area contributed by atoms with Gasteiger partial charge in [-0.2, -0.15) is 0 Å². The van der Waals surface area contributed by atoms with Crippen molar-refractivity contribution in [3.05, 3.63) is 0 Å². The summed E-state index contributed by atoms with van der Waals surface area (Å²) in [4.78, 5) is 0. The van der Waals surface area contributed by atoms with Crippen LogP contribution in [-0.2, 0) is 0 Å². The van der Waals surface area contributed by atoms with Crippen molar-refractivity contribution in [3.8, 4) is 0 Å². The van der Waals surface area contributed by atoms with Crippen LogP contribution in [0.5, 0.6) is 0 Å². The maximum Gasteiger partial charge on any atom is -0.0164 e. The van der Waals surface area contributed by atoms with Crippen molar-refractivity contribution in [2.24, 2.45) is 57.2 Å². The van der Waals surface area contributed by atoms with Gasteiger partial charge in [0.05, 0.1) is 0 Å². The van der Waals surface area contributed by atoms with Crippen molar-refractivity contribution in [3.63, 3.8) is 0 Å². The molecule has 0 N–H and O–H groups in total. The molecule has 6 aliphatic rings. The minimum atomic E-state index is 0.910. The summed E-state index contributed by atoms with van der Waals surface area (Å²) < 4.78 is 0. The molecule has 16 heavy (non-hydrogen) atoms. The van der Waals surface area contributed by atoms with Crippen LogP contribution in [0, 0.1) is 57.2 Å². The van der Waals surface area contributed by atoms with Crippen molar-refractivity contribution in [1.29, 1.82) is 0 Å². The zero-order chi connectivity index (χ0) is 10.9. The van der Waals surface area contributed by atoms with Gasteiger partial charge in [-0.15, -0.1) is 0 Å². The monoisotopic (exact) mass is 214 g/mol. The molecule has 0 saturated heterocycles. The zero-order valence-corrected chi connectivity index (χ0v) is 10.9. The second kappa shape index (κ2) is 1.52. The van der Waals surface area contributed by atoms with E-state index in [2.05, 4.69) is 27.7 Å². The largest absolute Gasteiger partial charge is 0.0617 e. The van der Waals surface area contributed by atoms with Crippen LogP contribution in [0.4, 0.5) is 0 Å². The first kappa shape index (κ1) is 8.16. The quantitative estimate of drug-likeness (QED) is 0.578. The lowest BCUT2D eigenvalue weighted by atomic mass is 8.88. The minimum Gasteiger partial charge on any atom is -0.0617 e. The number of hydrogen-bond donors (Lipinski definition) is 0. The molecule has 0 heteroatoms. The van der Waals surface area contributed by atoms with Gasteiger partial charge in [0.15, 0.2) is 0 Å². The summed E-state index contributed by atoms with van der Waals surface area (Å²) in [7, 11) is 0. The van der Waals surface area contributed by atoms with E-state index >= 15 is 0 Å². The van der Waals surface area contributed by atoms with Gasteiger partial charge in [0.2, 0.25) is 0 Å². The van der Waals surface area contributed by atoms with Gasteiger partial charge in [-0.05, 0) is 70.0 Å². The van der Waals surface area contributed by atoms with Crippen LogP contribution in [0.1, 0.15) is 40.5 Å². The molecule has 6 rings (SSSR count). The summed E-state index contributed by atoms with van der Waals surface area (Å²) in [6.45, 7) is 10.3. The second-order valence-electron chi connectivity index (χ2n) is 8.63. The van der Waals surface area contributed by atoms with E-state index in [1.165, 1.54) is 11.8 Å². The molecule has 0 aromatic carbocycles. The Kier molecular flexibility index (Phi) is 0.775. The maximum absolute atomic E-state index is 2.57. The van der Waals surface area contributed by atoms with Crippen LogP contribution in [0.2, 0.25) is 0 Å². The van der Waals surface area contributed by atoms with Gasteiger partial charge < -0.3 is 0 Å². The second-order valence-corrected chi connectivity index (χ2v) is 8.63. The first-order valence-electron chi connectivity index (χ1n) is 7.53. The van der Waals surface area contributed by atoms with Crippen LogP contribution in [-0.4, -0.2) is 0 Å². The SMILES string of the molecule is C[C@@H]1[C@H](C)C23C[C@]45C2C2C4(C[C@]213)[C@@H](C)[C@H]5C. The molecule has 6 saturated carbocycles. The van der Waals surface area contributed by atoms with Crippen LogP contribution in [0.3, 0.4) is 0 Å². The third kappa shape index (κ3) is 0.292. The fraction of sp³-hybridized carbons (Fsp3) is 1.00. The van der Waals surface area contributed by atoms with Gasteiger partial charge in [-0.25, -0.2) is 0 Å². The molecule has 4 unspecified atom stereocenters. The number of hydrogen-bond acceptors (Lipinski definition) is 0. The highest BCUT2D eigenvalue weighted by atomic mass is 15.1. The Hall–Kier alpha value is 0. The lowest BCUT2D eigenvalue weighted by molar-refractivity contribution is -0.687. The van der Waals surface area contributed by atoms with E-state index in [1.54, 1.807) is 12.8 Å². The fourth-order valence-corrected chi connectivity index (χ4v) is 9.94. The van der Waals surface area contributed by atoms with E-state index in [1.807, 2.05) is 0 Å². The molecule has 0 aromatic heterocycles. The first-order valence-corrected chi connectivity index (χ1v) is 7.53. The predicted molar refractivity (Wildman–Crippen MR) is 62.6 cm³/mol. The van der Waals surface area contributed by atoms with Gasteiger partial charge in [0, 0.05) is 0 Å². The van der Waals surface area contributed by atoms with Gasteiger partial charge in [-0.1, -0.05) is 27.7 Å². The molecule has 0 aromatic rings. The van der Waals surface area contributed by atoms with Crippen LogP contribution in [0.25, 0.3) is 0 Å². The molecule has 0 aliphatic heterocycles. The topological polar surface area (TPSA) is 0 Å². The Morgan fingerprint density at radius 3 is 1.00 bits per heavy atom. The van der Waals surface area contributed by atoms with Crippen LogP contribution in [0.15, 0.2) is 0 Å². The molecule has 10 atom stereocenters. The molecule has 0 heterocycles. The highest BCUT2D eigenvalue weighted by molar-refractivity contribution is 5.58. The normalized spacial score (nSPS) is 92.2. The molecule has 0 nitrogen and oxygen atoms in total. The Labute approximate surface area is 98.2 Å². The Bertz CT molecular complexity index is 396. The van der Waals surface area contributed by atoms with Gasteiger partial charge >= 0.3 is 0 Å². The molecule has 4 spiro atoms. The highest BCUT2D eigenvalue weighted by Gasteiger charge is 3.11. The molecule has 6 aliphatic carbocycles. The minimum absolute atomic E-state index is 0.910. The van der Waals surface area contributed by atoms with Crippen LogP contribution >= 0.6 is 0 Å². The summed E-state index contributed by atoms with van der Waals surface area (Å²) >= 11 is 0. The summed E-state index contributed by atoms with van der Waals surface area (Å²) in [5.74, 6) is 6.74. The molecule has 6 fully saturated rings. The van der Waals surface area contributed by atoms with Crippen molar-refractivity contribution < 1.29 is 0 Å². The Morgan fingerprint density at radius 1 is 0.562 bits per heavy atom. The molecule has 0 bridgehead atoms. The third-order valence-corrected chi connectivity index (χ3v) is 10.2. The van der Waals surface area contributed by atoms with E-state index in [4.69, 9.17) is 0 Å². The predicted octanol–water partition coefficient (Wildman–Crippen LogP) is 3.57. The highest BCUT2D eigenvalue weighted by Crippen LogP contribution is 3.16. The molecule has 0 amide bonds. The summed E-state index contributed by atoms with van der Waals surface area (Å²) in [6.07, 6.45) is 3.33. The smallest absolute Gasteiger partial charge is 0.0164 e. The summed E-state index contributed by atoms with van der Waals surface area (Å²) in [5, 5.41) is 0. The standard InChI is InChI=1S/C16H22/c1-7-8(2)14-6-16-10(4)9(3)15(16)5-13(7,14)11(15)12(14)16/h7-12H,5-6H2,1-4H3/t7-,8+,9+,10-,11?,12?,13-,14?,15?,16+/m1/s1. The van der Waals surface area contributed by atoms with E-state index in [0.29, 0.717) is 0 Å². The van der Waals surface area contributed by atoms with E-state index in [-0.39, 0.29) is 0 Å². The van der Waals surface area contributed by atoms with E-state index in [0.717, 1.165) is 45.3 Å². The molecule has 86 valence electrons. The fourth-order valence-electron chi connectivity index (χ4n) is 9.94. The Balaban J connectivity index is 1.58. The van der Waals surface area contributed by atoms with Gasteiger partial charge in [0.25, 0.3) is 0 Å². The van der Waals surface area contributed by atoms with E-state index < -0.39 is 0 Å². The van der Waals surface area contributed by atoms with Crippen molar-refractivity contribution in [2.75, 3.05) is 0 Å². The molecular weight excluding hydrogens is 192 g/mol. The lowest BCUT2D eigenvalue weighted by Gasteiger charge is -3.15. The maximum atomic E-state index is 2.57. The third-order valence-electron chi connectivity index (χ3n) is 10.2. The lowest BCUT2D eigenvalue weighted by Crippen LogP contribution is -3.11. The summed E-state index contributed by atoms with van der Waals surface area (Å²) in [5.41, 5.74) is 3.64. The van der Waals surface area contributed by atoms with Crippen molar-refractivity contribution in [2.45, 2.75) is 40.5 Å². The average molecular weight is 214 g/mol. The first-order chi connectivity index (χ1) is 7.53. The Morgan fingerprint density at radius 2 is 0.812 bits per heavy atom. The molecule has 0 radical (unpaired) electrons. The van der Waals surface area contributed by atoms with Crippen LogP contribution < -0.4 is 0 Å². The zero-order valence-electron chi connectivity index (χ0n) is 10.9. The molecular formula is C16H22.